The van der Waals surface area contributed by atoms with Gasteiger partial charge in [0, 0.05) is 21.8 Å². The van der Waals surface area contributed by atoms with Crippen LogP contribution in [0.2, 0.25) is 0 Å². The molecule has 1 aliphatic carbocycles. The van der Waals surface area contributed by atoms with Crippen molar-refractivity contribution in [1.82, 2.24) is 0 Å². The van der Waals surface area contributed by atoms with Crippen LogP contribution in [0, 0.1) is 5.92 Å². The lowest BCUT2D eigenvalue weighted by molar-refractivity contribution is 0.642. The molecule has 92 valence electrons. The van der Waals surface area contributed by atoms with Gasteiger partial charge in [-0.15, -0.1) is 0 Å². The minimum absolute atomic E-state index is 0.437. The van der Waals surface area contributed by atoms with Crippen molar-refractivity contribution < 1.29 is 0 Å². The van der Waals surface area contributed by atoms with Gasteiger partial charge in [0.15, 0.2) is 0 Å². The van der Waals surface area contributed by atoms with Crippen molar-refractivity contribution in [2.45, 2.75) is 32.2 Å². The highest BCUT2D eigenvalue weighted by Crippen LogP contribution is 2.34. The number of nitrogens with two attached hydrogens (primary N) is 1. The first-order valence-corrected chi connectivity index (χ1v) is 7.12. The van der Waals surface area contributed by atoms with Gasteiger partial charge < -0.3 is 11.1 Å². The smallest absolute Gasteiger partial charge is 0.106 e. The molecule has 1 atom stereocenters. The molecule has 3 N–H and O–H groups in total. The predicted molar refractivity (Wildman–Crippen MR) is 80.5 cm³/mol. The average Bonchev–Trinajstić information content (AvgIpc) is 3.04. The van der Waals surface area contributed by atoms with Gasteiger partial charge in [-0.3, -0.25) is 0 Å². The summed E-state index contributed by atoms with van der Waals surface area (Å²) < 4.78 is 1.00. The zero-order valence-electron chi connectivity index (χ0n) is 9.87. The summed E-state index contributed by atoms with van der Waals surface area (Å²) in [6.45, 7) is 2.21. The summed E-state index contributed by atoms with van der Waals surface area (Å²) >= 11 is 8.52. The largest absolute Gasteiger partial charge is 0.389 e. The third-order valence-electron chi connectivity index (χ3n) is 3.03. The quantitative estimate of drug-likeness (QED) is 0.814. The summed E-state index contributed by atoms with van der Waals surface area (Å²) in [5.41, 5.74) is 7.69. The van der Waals surface area contributed by atoms with Crippen LogP contribution >= 0.6 is 28.1 Å². The molecule has 4 heteroatoms. The maximum Gasteiger partial charge on any atom is 0.106 e. The second-order valence-corrected chi connectivity index (χ2v) is 6.13. The lowest BCUT2D eigenvalue weighted by atomic mass is 10.1. The molecule has 2 nitrogen and oxygen atoms in total. The van der Waals surface area contributed by atoms with Gasteiger partial charge in [-0.05, 0) is 37.5 Å². The van der Waals surface area contributed by atoms with Gasteiger partial charge in [0.2, 0.25) is 0 Å². The van der Waals surface area contributed by atoms with Crippen LogP contribution < -0.4 is 11.1 Å². The van der Waals surface area contributed by atoms with Crippen molar-refractivity contribution >= 4 is 38.8 Å². The molecule has 0 saturated heterocycles. The molecule has 0 aromatic heterocycles. The number of anilines is 1. The van der Waals surface area contributed by atoms with Crippen LogP contribution in [0.15, 0.2) is 22.7 Å². The minimum Gasteiger partial charge on any atom is -0.389 e. The zero-order valence-corrected chi connectivity index (χ0v) is 12.3. The van der Waals surface area contributed by atoms with E-state index in [4.69, 9.17) is 18.0 Å². The van der Waals surface area contributed by atoms with E-state index in [1.165, 1.54) is 19.3 Å². The van der Waals surface area contributed by atoms with Crippen LogP contribution in [0.4, 0.5) is 5.69 Å². The molecule has 1 fully saturated rings. The van der Waals surface area contributed by atoms with E-state index in [0.717, 1.165) is 21.6 Å². The maximum atomic E-state index is 5.74. The molecule has 17 heavy (non-hydrogen) atoms. The molecule has 1 saturated carbocycles. The maximum absolute atomic E-state index is 5.74. The van der Waals surface area contributed by atoms with E-state index in [-0.39, 0.29) is 0 Å². The van der Waals surface area contributed by atoms with Crippen molar-refractivity contribution in [3.63, 3.8) is 0 Å². The predicted octanol–water partition coefficient (Wildman–Crippen LogP) is 3.68. The molecule has 1 aliphatic rings. The fourth-order valence-electron chi connectivity index (χ4n) is 2.02. The Morgan fingerprint density at radius 1 is 1.59 bits per heavy atom. The summed E-state index contributed by atoms with van der Waals surface area (Å²) in [5, 5.41) is 3.50. The fourth-order valence-corrected chi connectivity index (χ4v) is 2.55. The second-order valence-electron chi connectivity index (χ2n) is 4.78. The van der Waals surface area contributed by atoms with Crippen molar-refractivity contribution in [3.05, 3.63) is 28.2 Å². The summed E-state index contributed by atoms with van der Waals surface area (Å²) in [7, 11) is 0. The Hall–Kier alpha value is -0.610. The van der Waals surface area contributed by atoms with E-state index in [0.29, 0.717) is 11.0 Å². The van der Waals surface area contributed by atoms with E-state index in [9.17, 15) is 0 Å². The molecule has 0 bridgehead atoms. The topological polar surface area (TPSA) is 38.0 Å². The zero-order chi connectivity index (χ0) is 12.4. The number of halogens is 1. The Balaban J connectivity index is 2.10. The first-order valence-electron chi connectivity index (χ1n) is 5.92. The van der Waals surface area contributed by atoms with E-state index < -0.39 is 0 Å². The average molecular weight is 313 g/mol. The van der Waals surface area contributed by atoms with Crippen LogP contribution in [0.25, 0.3) is 0 Å². The summed E-state index contributed by atoms with van der Waals surface area (Å²) in [4.78, 5) is 0.437. The van der Waals surface area contributed by atoms with Gasteiger partial charge in [0.05, 0.1) is 0 Å². The Morgan fingerprint density at radius 2 is 2.29 bits per heavy atom. The first kappa shape index (κ1) is 12.8. The SMILES string of the molecule is CC(CC1CC1)Nc1ccc(Br)cc1C(N)=S. The van der Waals surface area contributed by atoms with Crippen LogP contribution in [-0.4, -0.2) is 11.0 Å². The lowest BCUT2D eigenvalue weighted by Crippen LogP contribution is -2.19. The Bertz CT molecular complexity index is 429. The molecule has 1 aromatic carbocycles. The lowest BCUT2D eigenvalue weighted by Gasteiger charge is -2.17. The van der Waals surface area contributed by atoms with Crippen LogP contribution in [0.5, 0.6) is 0 Å². The van der Waals surface area contributed by atoms with Gasteiger partial charge in [-0.25, -0.2) is 0 Å². The number of hydrogen-bond acceptors (Lipinski definition) is 2. The molecule has 1 unspecified atom stereocenters. The number of hydrogen-bond donors (Lipinski definition) is 2. The molecule has 2 rings (SSSR count). The molecule has 0 amide bonds. The van der Waals surface area contributed by atoms with E-state index in [2.05, 4.69) is 28.2 Å². The number of rotatable bonds is 5. The highest BCUT2D eigenvalue weighted by atomic mass is 79.9. The first-order chi connectivity index (χ1) is 8.06. The molecular formula is C13H17BrN2S. The van der Waals surface area contributed by atoms with Crippen molar-refractivity contribution in [3.8, 4) is 0 Å². The Morgan fingerprint density at radius 3 is 2.88 bits per heavy atom. The van der Waals surface area contributed by atoms with Gasteiger partial charge in [0.25, 0.3) is 0 Å². The van der Waals surface area contributed by atoms with E-state index in [1.54, 1.807) is 0 Å². The van der Waals surface area contributed by atoms with E-state index in [1.807, 2.05) is 18.2 Å². The van der Waals surface area contributed by atoms with Crippen LogP contribution in [-0.2, 0) is 0 Å². The number of benzene rings is 1. The summed E-state index contributed by atoms with van der Waals surface area (Å²) in [5.74, 6) is 0.918. The minimum atomic E-state index is 0.437. The highest BCUT2D eigenvalue weighted by Gasteiger charge is 2.23. The van der Waals surface area contributed by atoms with Crippen LogP contribution in [0.3, 0.4) is 0 Å². The molecular weight excluding hydrogens is 296 g/mol. The normalized spacial score (nSPS) is 16.6. The fraction of sp³-hybridized carbons (Fsp3) is 0.462. The Labute approximate surface area is 116 Å². The Kier molecular flexibility index (Phi) is 4.05. The standard InChI is InChI=1S/C13H17BrN2S/c1-8(6-9-2-3-9)16-12-5-4-10(14)7-11(12)13(15)17/h4-5,7-9,16H,2-3,6H2,1H3,(H2,15,17). The monoisotopic (exact) mass is 312 g/mol. The van der Waals surface area contributed by atoms with Gasteiger partial charge in [0.1, 0.15) is 4.99 Å². The van der Waals surface area contributed by atoms with Gasteiger partial charge in [-0.2, -0.15) is 0 Å². The number of nitrogens with one attached hydrogen (secondary N) is 1. The summed E-state index contributed by atoms with van der Waals surface area (Å²) in [6, 6.07) is 6.47. The van der Waals surface area contributed by atoms with Crippen LogP contribution in [0.1, 0.15) is 31.7 Å². The molecule has 1 aromatic rings. The third kappa shape index (κ3) is 3.68. The van der Waals surface area contributed by atoms with Crippen molar-refractivity contribution in [2.75, 3.05) is 5.32 Å². The summed E-state index contributed by atoms with van der Waals surface area (Å²) in [6.07, 6.45) is 4.00. The highest BCUT2D eigenvalue weighted by molar-refractivity contribution is 9.10. The number of thiocarbonyl (C=S) groups is 1. The molecule has 0 heterocycles. The van der Waals surface area contributed by atoms with Gasteiger partial charge >= 0.3 is 0 Å². The molecule has 0 spiro atoms. The van der Waals surface area contributed by atoms with Crippen molar-refractivity contribution in [2.24, 2.45) is 11.7 Å². The van der Waals surface area contributed by atoms with Crippen molar-refractivity contribution in [1.29, 1.82) is 0 Å². The van der Waals surface area contributed by atoms with Gasteiger partial charge in [-0.1, -0.05) is 41.0 Å². The second kappa shape index (κ2) is 5.36. The molecule has 0 radical (unpaired) electrons. The third-order valence-corrected chi connectivity index (χ3v) is 3.75. The van der Waals surface area contributed by atoms with E-state index >= 15 is 0 Å². The molecule has 0 aliphatic heterocycles.